The summed E-state index contributed by atoms with van der Waals surface area (Å²) in [4.78, 5) is 31.0. The number of aromatic nitrogens is 1. The van der Waals surface area contributed by atoms with Gasteiger partial charge in [-0.3, -0.25) is 4.79 Å². The second-order valence-electron chi connectivity index (χ2n) is 4.19. The third-order valence-corrected chi connectivity index (χ3v) is 2.99. The Morgan fingerprint density at radius 3 is 2.58 bits per heavy atom. The Morgan fingerprint density at radius 2 is 2.00 bits per heavy atom. The fraction of sp³-hybridized carbons (Fsp3) is 0.462. The molecule has 1 fully saturated rings. The molecule has 1 aromatic heterocycles. The Bertz CT molecular complexity index is 442. The lowest BCUT2D eigenvalue weighted by Crippen LogP contribution is -2.51. The maximum atomic E-state index is 11.7. The Labute approximate surface area is 112 Å². The number of hydrogen-bond acceptors (Lipinski definition) is 5. The van der Waals surface area contributed by atoms with Crippen LogP contribution in [0.15, 0.2) is 24.4 Å². The van der Waals surface area contributed by atoms with Crippen LogP contribution in [0, 0.1) is 0 Å². The Balaban J connectivity index is 1.89. The third-order valence-electron chi connectivity index (χ3n) is 2.99. The largest absolute Gasteiger partial charge is 0.459 e. The number of ether oxygens (including phenoxy) is 1. The van der Waals surface area contributed by atoms with Gasteiger partial charge in [-0.1, -0.05) is 6.07 Å². The van der Waals surface area contributed by atoms with Crippen molar-refractivity contribution in [3.05, 3.63) is 24.4 Å². The minimum atomic E-state index is -0.770. The Morgan fingerprint density at radius 1 is 1.26 bits per heavy atom. The van der Waals surface area contributed by atoms with E-state index in [0.29, 0.717) is 26.2 Å². The first-order valence-electron chi connectivity index (χ1n) is 6.34. The molecule has 1 saturated heterocycles. The van der Waals surface area contributed by atoms with Crippen LogP contribution in [-0.2, 0) is 14.3 Å². The summed E-state index contributed by atoms with van der Waals surface area (Å²) >= 11 is 0. The number of pyridine rings is 1. The first-order valence-corrected chi connectivity index (χ1v) is 6.34. The highest BCUT2D eigenvalue weighted by molar-refractivity contribution is 6.32. The molecule has 1 aliphatic heterocycles. The Hall–Kier alpha value is -2.11. The van der Waals surface area contributed by atoms with E-state index in [0.717, 1.165) is 5.82 Å². The summed E-state index contributed by atoms with van der Waals surface area (Å²) < 4.78 is 4.71. The van der Waals surface area contributed by atoms with Crippen molar-refractivity contribution in [1.82, 2.24) is 9.88 Å². The number of carbonyl (C=O) groups is 2. The molecule has 0 unspecified atom stereocenters. The molecule has 0 aromatic carbocycles. The van der Waals surface area contributed by atoms with E-state index in [2.05, 4.69) is 9.88 Å². The van der Waals surface area contributed by atoms with E-state index in [-0.39, 0.29) is 6.61 Å². The van der Waals surface area contributed by atoms with E-state index in [1.807, 2.05) is 18.2 Å². The average Bonchev–Trinajstić information content (AvgIpc) is 2.48. The molecule has 0 spiro atoms. The number of anilines is 1. The number of amides is 1. The van der Waals surface area contributed by atoms with Crippen LogP contribution in [0.2, 0.25) is 0 Å². The van der Waals surface area contributed by atoms with Gasteiger partial charge in [-0.05, 0) is 19.1 Å². The molecule has 6 heteroatoms. The lowest BCUT2D eigenvalue weighted by atomic mass is 10.3. The molecule has 6 nitrogen and oxygen atoms in total. The predicted octanol–water partition coefficient (Wildman–Crippen LogP) is 0.293. The standard InChI is InChI=1S/C13H17N3O3/c1-2-19-13(18)12(17)16-9-7-15(8-10-16)11-5-3-4-6-14-11/h3-6H,2,7-10H2,1H3. The predicted molar refractivity (Wildman–Crippen MR) is 69.7 cm³/mol. The summed E-state index contributed by atoms with van der Waals surface area (Å²) in [6.45, 7) is 4.26. The Kier molecular flexibility index (Phi) is 4.33. The molecule has 2 rings (SSSR count). The van der Waals surface area contributed by atoms with Gasteiger partial charge in [0.05, 0.1) is 6.61 Å². The molecule has 0 aliphatic carbocycles. The second-order valence-corrected chi connectivity index (χ2v) is 4.19. The zero-order valence-electron chi connectivity index (χ0n) is 10.9. The zero-order valence-corrected chi connectivity index (χ0v) is 10.9. The van der Waals surface area contributed by atoms with Gasteiger partial charge in [0.2, 0.25) is 0 Å². The molecule has 1 aromatic rings. The van der Waals surface area contributed by atoms with Crippen LogP contribution in [0.3, 0.4) is 0 Å². The number of hydrogen-bond donors (Lipinski definition) is 0. The molecule has 0 atom stereocenters. The van der Waals surface area contributed by atoms with Crippen LogP contribution in [0.25, 0.3) is 0 Å². The van der Waals surface area contributed by atoms with Crippen molar-refractivity contribution in [2.24, 2.45) is 0 Å². The van der Waals surface area contributed by atoms with Crippen molar-refractivity contribution in [1.29, 1.82) is 0 Å². The number of piperazine rings is 1. The summed E-state index contributed by atoms with van der Waals surface area (Å²) in [5.41, 5.74) is 0. The van der Waals surface area contributed by atoms with Crippen molar-refractivity contribution in [3.8, 4) is 0 Å². The van der Waals surface area contributed by atoms with Gasteiger partial charge in [-0.2, -0.15) is 0 Å². The van der Waals surface area contributed by atoms with Gasteiger partial charge in [0.25, 0.3) is 0 Å². The van der Waals surface area contributed by atoms with Crippen molar-refractivity contribution >= 4 is 17.7 Å². The summed E-state index contributed by atoms with van der Waals surface area (Å²) in [6, 6.07) is 5.73. The molecule has 1 aliphatic rings. The van der Waals surface area contributed by atoms with Gasteiger partial charge in [-0.25, -0.2) is 9.78 Å². The van der Waals surface area contributed by atoms with E-state index in [9.17, 15) is 9.59 Å². The molecular weight excluding hydrogens is 246 g/mol. The summed E-state index contributed by atoms with van der Waals surface area (Å²) in [5, 5.41) is 0. The van der Waals surface area contributed by atoms with E-state index >= 15 is 0 Å². The third kappa shape index (κ3) is 3.21. The van der Waals surface area contributed by atoms with E-state index < -0.39 is 11.9 Å². The molecule has 1 amide bonds. The number of carbonyl (C=O) groups excluding carboxylic acids is 2. The minimum Gasteiger partial charge on any atom is -0.459 e. The molecule has 19 heavy (non-hydrogen) atoms. The highest BCUT2D eigenvalue weighted by Crippen LogP contribution is 2.12. The van der Waals surface area contributed by atoms with Crippen molar-refractivity contribution < 1.29 is 14.3 Å². The van der Waals surface area contributed by atoms with E-state index in [1.165, 1.54) is 4.90 Å². The van der Waals surface area contributed by atoms with Crippen molar-refractivity contribution in [2.75, 3.05) is 37.7 Å². The van der Waals surface area contributed by atoms with Crippen LogP contribution in [0.4, 0.5) is 5.82 Å². The van der Waals surface area contributed by atoms with Gasteiger partial charge in [0.1, 0.15) is 5.82 Å². The maximum Gasteiger partial charge on any atom is 0.397 e. The highest BCUT2D eigenvalue weighted by atomic mass is 16.5. The summed E-state index contributed by atoms with van der Waals surface area (Å²) in [5.74, 6) is -0.429. The fourth-order valence-electron chi connectivity index (χ4n) is 2.00. The van der Waals surface area contributed by atoms with Crippen molar-refractivity contribution in [2.45, 2.75) is 6.92 Å². The molecule has 0 radical (unpaired) electrons. The topological polar surface area (TPSA) is 62.7 Å². The van der Waals surface area contributed by atoms with Gasteiger partial charge < -0.3 is 14.5 Å². The van der Waals surface area contributed by atoms with Gasteiger partial charge in [0, 0.05) is 32.4 Å². The van der Waals surface area contributed by atoms with Crippen LogP contribution < -0.4 is 4.90 Å². The average molecular weight is 263 g/mol. The lowest BCUT2D eigenvalue weighted by Gasteiger charge is -2.34. The van der Waals surface area contributed by atoms with Gasteiger partial charge >= 0.3 is 11.9 Å². The molecule has 0 N–H and O–H groups in total. The van der Waals surface area contributed by atoms with Crippen LogP contribution in [-0.4, -0.2) is 54.5 Å². The number of rotatable bonds is 2. The lowest BCUT2D eigenvalue weighted by molar-refractivity contribution is -0.160. The zero-order chi connectivity index (χ0) is 13.7. The van der Waals surface area contributed by atoms with E-state index in [1.54, 1.807) is 13.1 Å². The van der Waals surface area contributed by atoms with Gasteiger partial charge in [0.15, 0.2) is 0 Å². The molecule has 0 saturated carbocycles. The molecular formula is C13H17N3O3. The fourth-order valence-corrected chi connectivity index (χ4v) is 2.00. The first-order chi connectivity index (χ1) is 9.22. The maximum absolute atomic E-state index is 11.7. The first kappa shape index (κ1) is 13.3. The van der Waals surface area contributed by atoms with Crippen LogP contribution in [0.1, 0.15) is 6.92 Å². The monoisotopic (exact) mass is 263 g/mol. The van der Waals surface area contributed by atoms with E-state index in [4.69, 9.17) is 4.74 Å². The number of esters is 1. The quantitative estimate of drug-likeness (QED) is 0.567. The number of nitrogens with zero attached hydrogens (tertiary/aromatic N) is 3. The normalized spacial score (nSPS) is 15.2. The highest BCUT2D eigenvalue weighted by Gasteiger charge is 2.27. The smallest absolute Gasteiger partial charge is 0.397 e. The molecule has 102 valence electrons. The van der Waals surface area contributed by atoms with Crippen LogP contribution >= 0.6 is 0 Å². The summed E-state index contributed by atoms with van der Waals surface area (Å²) in [7, 11) is 0. The summed E-state index contributed by atoms with van der Waals surface area (Å²) in [6.07, 6.45) is 1.74. The molecule has 2 heterocycles. The molecule has 0 bridgehead atoms. The second kappa shape index (κ2) is 6.17. The SMILES string of the molecule is CCOC(=O)C(=O)N1CCN(c2ccccn2)CC1. The van der Waals surface area contributed by atoms with Gasteiger partial charge in [-0.15, -0.1) is 0 Å². The van der Waals surface area contributed by atoms with Crippen molar-refractivity contribution in [3.63, 3.8) is 0 Å². The van der Waals surface area contributed by atoms with Crippen LogP contribution in [0.5, 0.6) is 0 Å². The minimum absolute atomic E-state index is 0.221.